The number of oxazole rings is 1. The Morgan fingerprint density at radius 2 is 1.75 bits per heavy atom. The van der Waals surface area contributed by atoms with Gasteiger partial charge in [0.1, 0.15) is 6.26 Å². The highest BCUT2D eigenvalue weighted by Crippen LogP contribution is 2.39. The summed E-state index contributed by atoms with van der Waals surface area (Å²) in [5.41, 5.74) is 5.41. The fourth-order valence-corrected chi connectivity index (χ4v) is 6.19. The maximum absolute atomic E-state index is 13.3. The van der Waals surface area contributed by atoms with Crippen LogP contribution < -0.4 is 20.4 Å². The molecule has 2 saturated heterocycles. The average Bonchev–Trinajstić information content (AvgIpc) is 3.60. The molecule has 0 atom stereocenters. The zero-order chi connectivity index (χ0) is 30.8. The van der Waals surface area contributed by atoms with Crippen LogP contribution in [0.3, 0.4) is 0 Å². The lowest BCUT2D eigenvalue weighted by Crippen LogP contribution is -2.47. The number of aromatic nitrogens is 1. The molecular formula is C33H39ClN6O4. The molecule has 11 heteroatoms. The lowest BCUT2D eigenvalue weighted by Gasteiger charge is -2.39. The zero-order valence-electron chi connectivity index (χ0n) is 25.3. The number of rotatable bonds is 10. The molecule has 6 rings (SSSR count). The van der Waals surface area contributed by atoms with Crippen molar-refractivity contribution in [2.24, 2.45) is 0 Å². The lowest BCUT2D eigenvalue weighted by atomic mass is 10.1. The van der Waals surface area contributed by atoms with Crippen molar-refractivity contribution in [2.75, 3.05) is 60.9 Å². The molecule has 0 unspecified atom stereocenters. The monoisotopic (exact) mass is 618 g/mol. The van der Waals surface area contributed by atoms with Crippen LogP contribution in [0.4, 0.5) is 17.1 Å². The Hall–Kier alpha value is -4.05. The SMILES string of the molecule is Cc1ccc(C)c(N2CCN(c3cc(Cl)c(C(=O)NCCCN4CCCC4=O)cc3NC(=O)c3coc(C4CC4)n3)CC2)c1. The molecule has 10 nitrogen and oxygen atoms in total. The van der Waals surface area contributed by atoms with Crippen molar-refractivity contribution in [1.29, 1.82) is 0 Å². The largest absolute Gasteiger partial charge is 0.448 e. The number of piperazine rings is 1. The summed E-state index contributed by atoms with van der Waals surface area (Å²) in [5.74, 6) is 0.308. The molecule has 3 aromatic rings. The summed E-state index contributed by atoms with van der Waals surface area (Å²) in [6.07, 6.45) is 5.56. The van der Waals surface area contributed by atoms with E-state index >= 15 is 0 Å². The van der Waals surface area contributed by atoms with Crippen LogP contribution in [-0.2, 0) is 4.79 Å². The van der Waals surface area contributed by atoms with E-state index in [1.807, 2.05) is 4.90 Å². The molecule has 2 aliphatic heterocycles. The van der Waals surface area contributed by atoms with Crippen molar-refractivity contribution in [1.82, 2.24) is 15.2 Å². The fourth-order valence-electron chi connectivity index (χ4n) is 5.95. The first-order chi connectivity index (χ1) is 21.3. The highest BCUT2D eigenvalue weighted by Gasteiger charge is 2.30. The van der Waals surface area contributed by atoms with Gasteiger partial charge in [0, 0.05) is 63.8 Å². The number of hydrogen-bond donors (Lipinski definition) is 2. The van der Waals surface area contributed by atoms with Gasteiger partial charge in [0.2, 0.25) is 5.91 Å². The van der Waals surface area contributed by atoms with E-state index in [4.69, 9.17) is 16.0 Å². The number of nitrogens with one attached hydrogen (secondary N) is 2. The molecule has 44 heavy (non-hydrogen) atoms. The van der Waals surface area contributed by atoms with E-state index in [0.29, 0.717) is 55.6 Å². The number of amides is 3. The van der Waals surface area contributed by atoms with Crippen molar-refractivity contribution in [3.8, 4) is 0 Å². The zero-order valence-corrected chi connectivity index (χ0v) is 26.1. The van der Waals surface area contributed by atoms with Crippen molar-refractivity contribution in [3.05, 3.63) is 69.9 Å². The normalized spacial score (nSPS) is 16.9. The van der Waals surface area contributed by atoms with Gasteiger partial charge < -0.3 is 29.8 Å². The van der Waals surface area contributed by atoms with Gasteiger partial charge in [-0.3, -0.25) is 14.4 Å². The van der Waals surface area contributed by atoms with Gasteiger partial charge in [0.05, 0.1) is 22.0 Å². The molecule has 0 spiro atoms. The van der Waals surface area contributed by atoms with Crippen LogP contribution in [0.5, 0.6) is 0 Å². The van der Waals surface area contributed by atoms with E-state index in [1.54, 1.807) is 12.1 Å². The molecule has 1 saturated carbocycles. The number of carbonyl (C=O) groups excluding carboxylic acids is 3. The van der Waals surface area contributed by atoms with Gasteiger partial charge in [0.25, 0.3) is 11.8 Å². The highest BCUT2D eigenvalue weighted by molar-refractivity contribution is 6.34. The molecule has 2 N–H and O–H groups in total. The molecule has 2 aromatic carbocycles. The Morgan fingerprint density at radius 3 is 2.45 bits per heavy atom. The van der Waals surface area contributed by atoms with Gasteiger partial charge in [-0.25, -0.2) is 4.98 Å². The Bertz CT molecular complexity index is 1560. The van der Waals surface area contributed by atoms with Crippen LogP contribution in [0.1, 0.15) is 75.9 Å². The van der Waals surface area contributed by atoms with E-state index in [-0.39, 0.29) is 29.0 Å². The summed E-state index contributed by atoms with van der Waals surface area (Å²) >= 11 is 6.72. The topological polar surface area (TPSA) is 111 Å². The van der Waals surface area contributed by atoms with Gasteiger partial charge in [-0.05, 0) is 68.9 Å². The van der Waals surface area contributed by atoms with Crippen LogP contribution in [0.25, 0.3) is 0 Å². The van der Waals surface area contributed by atoms with E-state index in [0.717, 1.165) is 44.6 Å². The molecule has 3 amide bonds. The first-order valence-electron chi connectivity index (χ1n) is 15.5. The number of carbonyl (C=O) groups is 3. The molecular weight excluding hydrogens is 580 g/mol. The van der Waals surface area contributed by atoms with Crippen molar-refractivity contribution in [3.63, 3.8) is 0 Å². The number of benzene rings is 2. The van der Waals surface area contributed by atoms with E-state index in [2.05, 4.69) is 57.5 Å². The van der Waals surface area contributed by atoms with Gasteiger partial charge in [-0.15, -0.1) is 0 Å². The minimum absolute atomic E-state index is 0.168. The van der Waals surface area contributed by atoms with E-state index < -0.39 is 5.91 Å². The second-order valence-electron chi connectivity index (χ2n) is 12.0. The van der Waals surface area contributed by atoms with Crippen LogP contribution in [-0.4, -0.2) is 73.4 Å². The quantitative estimate of drug-likeness (QED) is 0.303. The maximum atomic E-state index is 13.3. The first kappa shape index (κ1) is 30.0. The van der Waals surface area contributed by atoms with Crippen LogP contribution in [0, 0.1) is 13.8 Å². The fraction of sp³-hybridized carbons (Fsp3) is 0.455. The summed E-state index contributed by atoms with van der Waals surface area (Å²) in [7, 11) is 0. The highest BCUT2D eigenvalue weighted by atomic mass is 35.5. The number of halogens is 1. The third-order valence-corrected chi connectivity index (χ3v) is 8.96. The molecule has 3 heterocycles. The Balaban J connectivity index is 1.19. The molecule has 3 fully saturated rings. The second-order valence-corrected chi connectivity index (χ2v) is 12.4. The van der Waals surface area contributed by atoms with Gasteiger partial charge in [-0.2, -0.15) is 0 Å². The summed E-state index contributed by atoms with van der Waals surface area (Å²) in [6.45, 7) is 9.04. The predicted octanol–water partition coefficient (Wildman–Crippen LogP) is 5.14. The van der Waals surface area contributed by atoms with Gasteiger partial charge >= 0.3 is 0 Å². The summed E-state index contributed by atoms with van der Waals surface area (Å²) in [6, 6.07) is 9.91. The van der Waals surface area contributed by atoms with Crippen LogP contribution in [0.2, 0.25) is 5.02 Å². The maximum Gasteiger partial charge on any atom is 0.277 e. The number of aryl methyl sites for hydroxylation is 2. The third kappa shape index (κ3) is 6.70. The molecule has 3 aliphatic rings. The van der Waals surface area contributed by atoms with Gasteiger partial charge in [0.15, 0.2) is 11.6 Å². The van der Waals surface area contributed by atoms with E-state index in [1.165, 1.54) is 23.1 Å². The second kappa shape index (κ2) is 12.9. The average molecular weight is 619 g/mol. The number of nitrogens with zero attached hydrogens (tertiary/aromatic N) is 4. The Labute approximate surface area is 262 Å². The molecule has 1 aliphatic carbocycles. The number of hydrogen-bond acceptors (Lipinski definition) is 7. The Morgan fingerprint density at radius 1 is 1.00 bits per heavy atom. The summed E-state index contributed by atoms with van der Waals surface area (Å²) < 4.78 is 5.55. The molecule has 0 bridgehead atoms. The number of anilines is 3. The van der Waals surface area contributed by atoms with Crippen LogP contribution in [0.15, 0.2) is 41.0 Å². The molecule has 0 radical (unpaired) electrons. The van der Waals surface area contributed by atoms with Crippen LogP contribution >= 0.6 is 11.6 Å². The van der Waals surface area contributed by atoms with Crippen molar-refractivity contribution < 1.29 is 18.8 Å². The Kier molecular flexibility index (Phi) is 8.79. The summed E-state index contributed by atoms with van der Waals surface area (Å²) in [4.78, 5) is 49.2. The predicted molar refractivity (Wildman–Crippen MR) is 171 cm³/mol. The summed E-state index contributed by atoms with van der Waals surface area (Å²) in [5, 5.41) is 6.22. The number of likely N-dealkylation sites (tertiary alicyclic amines) is 1. The van der Waals surface area contributed by atoms with Crippen molar-refractivity contribution >= 4 is 46.4 Å². The van der Waals surface area contributed by atoms with E-state index in [9.17, 15) is 14.4 Å². The third-order valence-electron chi connectivity index (χ3n) is 8.65. The molecule has 1 aromatic heterocycles. The smallest absolute Gasteiger partial charge is 0.277 e. The first-order valence-corrected chi connectivity index (χ1v) is 15.9. The standard InChI is InChI=1S/C33H39ClN6O4/c1-21-6-7-22(2)28(17-21)38-13-15-39(16-14-38)29-19-25(34)24(31(42)35-10-4-12-40-11-3-5-30(40)41)18-26(29)36-32(43)27-20-44-33(37-27)23-8-9-23/h6-7,17-20,23H,3-5,8-16H2,1-2H3,(H,35,42)(H,36,43). The van der Waals surface area contributed by atoms with Gasteiger partial charge in [-0.1, -0.05) is 23.7 Å². The lowest BCUT2D eigenvalue weighted by molar-refractivity contribution is -0.127. The minimum Gasteiger partial charge on any atom is -0.448 e. The minimum atomic E-state index is -0.403. The van der Waals surface area contributed by atoms with Crippen molar-refractivity contribution in [2.45, 2.75) is 51.9 Å². The molecule has 232 valence electrons.